The summed E-state index contributed by atoms with van der Waals surface area (Å²) >= 11 is 3.43. The Hall–Kier alpha value is 0.370. The van der Waals surface area contributed by atoms with Crippen molar-refractivity contribution in [2.75, 3.05) is 5.75 Å². The summed E-state index contributed by atoms with van der Waals surface area (Å²) in [7, 11) is 0. The number of hydrogen-bond donors (Lipinski definition) is 0. The number of carbonyl (C=O) groups is 1. The highest BCUT2D eigenvalue weighted by Gasteiger charge is 2.22. The van der Waals surface area contributed by atoms with Crippen molar-refractivity contribution in [2.24, 2.45) is 5.92 Å². The second-order valence-corrected chi connectivity index (χ2v) is 8.08. The molecule has 0 heterocycles. The summed E-state index contributed by atoms with van der Waals surface area (Å²) in [5, 5.41) is 0.800. The normalized spacial score (nSPS) is 14.5. The van der Waals surface area contributed by atoms with Crippen LogP contribution in [0.2, 0.25) is 0 Å². The minimum Gasteiger partial charge on any atom is -0.288 e. The van der Waals surface area contributed by atoms with E-state index in [0.717, 1.165) is 5.75 Å². The van der Waals surface area contributed by atoms with Crippen LogP contribution in [0.4, 0.5) is 0 Å². The Morgan fingerprint density at radius 2 is 1.79 bits per heavy atom. The van der Waals surface area contributed by atoms with Crippen molar-refractivity contribution in [3.05, 3.63) is 0 Å². The zero-order valence-electron chi connectivity index (χ0n) is 10.1. The van der Waals surface area contributed by atoms with Crippen molar-refractivity contribution in [1.82, 2.24) is 0 Å². The maximum absolute atomic E-state index is 10.9. The Morgan fingerprint density at radius 3 is 2.07 bits per heavy atom. The summed E-state index contributed by atoms with van der Waals surface area (Å²) in [6, 6.07) is 0. The molecule has 0 aromatic carbocycles. The van der Waals surface area contributed by atoms with Crippen LogP contribution in [0.25, 0.3) is 0 Å². The van der Waals surface area contributed by atoms with E-state index < -0.39 is 0 Å². The van der Waals surface area contributed by atoms with Gasteiger partial charge in [-0.1, -0.05) is 46.4 Å². The lowest BCUT2D eigenvalue weighted by Crippen LogP contribution is -2.22. The van der Waals surface area contributed by atoms with E-state index in [0.29, 0.717) is 11.2 Å². The molecular formula is C11H22OS2. The van der Waals surface area contributed by atoms with Crippen LogP contribution in [0.15, 0.2) is 0 Å². The quantitative estimate of drug-likeness (QED) is 0.736. The Balaban J connectivity index is 4.10. The molecule has 0 aliphatic rings. The summed E-state index contributed by atoms with van der Waals surface area (Å²) in [5.74, 6) is 1.57. The Morgan fingerprint density at radius 1 is 1.29 bits per heavy atom. The number of carbonyl (C=O) groups excluding carboxylic acids is 1. The van der Waals surface area contributed by atoms with Crippen molar-refractivity contribution in [2.45, 2.75) is 51.5 Å². The first-order chi connectivity index (χ1) is 6.22. The molecular weight excluding hydrogens is 212 g/mol. The van der Waals surface area contributed by atoms with Crippen LogP contribution in [0.3, 0.4) is 0 Å². The molecule has 0 fully saturated rings. The fourth-order valence-corrected chi connectivity index (χ4v) is 3.46. The van der Waals surface area contributed by atoms with Gasteiger partial charge in [-0.25, -0.2) is 0 Å². The van der Waals surface area contributed by atoms with E-state index in [-0.39, 0.29) is 9.86 Å². The second kappa shape index (κ2) is 6.06. The van der Waals surface area contributed by atoms with Gasteiger partial charge in [0.15, 0.2) is 5.12 Å². The van der Waals surface area contributed by atoms with Gasteiger partial charge in [0.25, 0.3) is 0 Å². The van der Waals surface area contributed by atoms with Gasteiger partial charge in [0.1, 0.15) is 0 Å². The topological polar surface area (TPSA) is 17.1 Å². The molecule has 0 aliphatic heterocycles. The lowest BCUT2D eigenvalue weighted by atomic mass is 10.1. The lowest BCUT2D eigenvalue weighted by molar-refractivity contribution is -0.109. The van der Waals surface area contributed by atoms with E-state index in [1.54, 1.807) is 6.92 Å². The summed E-state index contributed by atoms with van der Waals surface area (Å²) in [6.07, 6.45) is 0. The Labute approximate surface area is 96.8 Å². The van der Waals surface area contributed by atoms with Crippen molar-refractivity contribution >= 4 is 28.6 Å². The van der Waals surface area contributed by atoms with Crippen LogP contribution in [0.1, 0.15) is 41.5 Å². The standard InChI is InChI=1S/C11H22OS2/c1-8(2)10(7-13-9(3)12)14-11(4,5)6/h8,10H,7H2,1-6H3/t10-/m1/s1. The van der Waals surface area contributed by atoms with E-state index in [4.69, 9.17) is 0 Å². The van der Waals surface area contributed by atoms with Gasteiger partial charge in [0, 0.05) is 22.7 Å². The highest BCUT2D eigenvalue weighted by Crippen LogP contribution is 2.33. The van der Waals surface area contributed by atoms with Gasteiger partial charge in [-0.3, -0.25) is 4.79 Å². The monoisotopic (exact) mass is 234 g/mol. The molecule has 1 nitrogen and oxygen atoms in total. The molecule has 0 aromatic rings. The van der Waals surface area contributed by atoms with E-state index in [1.165, 1.54) is 11.8 Å². The molecule has 0 spiro atoms. The molecule has 0 unspecified atom stereocenters. The van der Waals surface area contributed by atoms with Gasteiger partial charge in [0.2, 0.25) is 0 Å². The molecule has 0 saturated carbocycles. The highest BCUT2D eigenvalue weighted by atomic mass is 32.2. The molecule has 0 saturated heterocycles. The second-order valence-electron chi connectivity index (χ2n) is 4.82. The van der Waals surface area contributed by atoms with Crippen molar-refractivity contribution in [3.63, 3.8) is 0 Å². The molecule has 0 rings (SSSR count). The Kier molecular flexibility index (Phi) is 6.22. The Bertz CT molecular complexity index is 182. The summed E-state index contributed by atoms with van der Waals surface area (Å²) in [6.45, 7) is 12.8. The van der Waals surface area contributed by atoms with Crippen LogP contribution in [-0.2, 0) is 4.79 Å². The zero-order chi connectivity index (χ0) is 11.4. The van der Waals surface area contributed by atoms with Crippen molar-refractivity contribution in [1.29, 1.82) is 0 Å². The average molecular weight is 234 g/mol. The fourth-order valence-electron chi connectivity index (χ4n) is 1.02. The molecule has 0 bridgehead atoms. The SMILES string of the molecule is CC(=O)SC[C@@H](SC(C)(C)C)C(C)C. The van der Waals surface area contributed by atoms with Gasteiger partial charge in [-0.15, -0.1) is 0 Å². The van der Waals surface area contributed by atoms with Gasteiger partial charge >= 0.3 is 0 Å². The van der Waals surface area contributed by atoms with Crippen LogP contribution < -0.4 is 0 Å². The van der Waals surface area contributed by atoms with Crippen molar-refractivity contribution < 1.29 is 4.79 Å². The van der Waals surface area contributed by atoms with Crippen LogP contribution in [0.5, 0.6) is 0 Å². The average Bonchev–Trinajstić information content (AvgIpc) is 1.94. The van der Waals surface area contributed by atoms with Crippen molar-refractivity contribution in [3.8, 4) is 0 Å². The molecule has 0 aromatic heterocycles. The summed E-state index contributed by atoms with van der Waals surface area (Å²) < 4.78 is 0.284. The number of rotatable bonds is 4. The first-order valence-corrected chi connectivity index (χ1v) is 6.90. The summed E-state index contributed by atoms with van der Waals surface area (Å²) in [4.78, 5) is 10.9. The molecule has 0 aliphatic carbocycles. The smallest absolute Gasteiger partial charge is 0.185 e. The third-order valence-electron chi connectivity index (χ3n) is 1.70. The predicted molar refractivity (Wildman–Crippen MR) is 69.1 cm³/mol. The summed E-state index contributed by atoms with van der Waals surface area (Å²) in [5.41, 5.74) is 0. The fraction of sp³-hybridized carbons (Fsp3) is 0.909. The van der Waals surface area contributed by atoms with Crippen LogP contribution >= 0.6 is 23.5 Å². The molecule has 0 N–H and O–H groups in total. The minimum absolute atomic E-state index is 0.227. The number of thioether (sulfide) groups is 2. The lowest BCUT2D eigenvalue weighted by Gasteiger charge is -2.27. The van der Waals surface area contributed by atoms with E-state index >= 15 is 0 Å². The molecule has 0 radical (unpaired) electrons. The van der Waals surface area contributed by atoms with Gasteiger partial charge in [0.05, 0.1) is 0 Å². The molecule has 0 amide bonds. The van der Waals surface area contributed by atoms with Crippen LogP contribution in [0, 0.1) is 5.92 Å². The first kappa shape index (κ1) is 14.4. The third kappa shape index (κ3) is 7.74. The largest absolute Gasteiger partial charge is 0.288 e. The van der Waals surface area contributed by atoms with Gasteiger partial charge in [-0.2, -0.15) is 11.8 Å². The van der Waals surface area contributed by atoms with E-state index in [9.17, 15) is 4.79 Å². The molecule has 84 valence electrons. The first-order valence-electron chi connectivity index (χ1n) is 5.03. The molecule has 14 heavy (non-hydrogen) atoms. The zero-order valence-corrected chi connectivity index (χ0v) is 11.7. The maximum atomic E-state index is 10.9. The highest BCUT2D eigenvalue weighted by molar-refractivity contribution is 8.14. The minimum atomic E-state index is 0.227. The molecule has 3 heteroatoms. The molecule has 1 atom stereocenters. The van der Waals surface area contributed by atoms with E-state index in [2.05, 4.69) is 34.6 Å². The van der Waals surface area contributed by atoms with E-state index in [1.807, 2.05) is 11.8 Å². The van der Waals surface area contributed by atoms with Gasteiger partial charge < -0.3 is 0 Å². The van der Waals surface area contributed by atoms with Gasteiger partial charge in [-0.05, 0) is 5.92 Å². The predicted octanol–water partition coefficient (Wildman–Crippen LogP) is 3.82. The maximum Gasteiger partial charge on any atom is 0.185 e. The number of hydrogen-bond acceptors (Lipinski definition) is 3. The third-order valence-corrected chi connectivity index (χ3v) is 4.56. The van der Waals surface area contributed by atoms with Crippen LogP contribution in [-0.4, -0.2) is 20.9 Å².